The van der Waals surface area contributed by atoms with Gasteiger partial charge < -0.3 is 4.74 Å². The summed E-state index contributed by atoms with van der Waals surface area (Å²) in [6, 6.07) is 6.31. The van der Waals surface area contributed by atoms with Crippen LogP contribution in [0.1, 0.15) is 5.56 Å². The molecule has 0 saturated carbocycles. The van der Waals surface area contributed by atoms with E-state index in [9.17, 15) is 17.6 Å². The van der Waals surface area contributed by atoms with Gasteiger partial charge >= 0.3 is 0 Å². The predicted molar refractivity (Wildman–Crippen MR) is 64.5 cm³/mol. The first-order chi connectivity index (χ1) is 9.54. The maximum atomic E-state index is 13.5. The van der Waals surface area contributed by atoms with Crippen LogP contribution < -0.4 is 4.74 Å². The minimum atomic E-state index is -1.76. The lowest BCUT2D eigenvalue weighted by atomic mass is 10.1. The van der Waals surface area contributed by atoms with E-state index >= 15 is 0 Å². The van der Waals surface area contributed by atoms with Gasteiger partial charge in [-0.3, -0.25) is 0 Å². The molecule has 0 radical (unpaired) electrons. The predicted octanol–water partition coefficient (Wildman–Crippen LogP) is 4.16. The molecule has 0 saturated heterocycles. The van der Waals surface area contributed by atoms with Crippen molar-refractivity contribution in [1.82, 2.24) is 4.98 Å². The van der Waals surface area contributed by atoms with Crippen molar-refractivity contribution in [3.63, 3.8) is 0 Å². The van der Waals surface area contributed by atoms with Crippen LogP contribution in [-0.4, -0.2) is 4.98 Å². The molecule has 20 heavy (non-hydrogen) atoms. The number of hydrogen-bond donors (Lipinski definition) is 0. The van der Waals surface area contributed by atoms with E-state index in [1.807, 2.05) is 0 Å². The van der Waals surface area contributed by atoms with Gasteiger partial charge in [0.15, 0.2) is 0 Å². The highest BCUT2D eigenvalue weighted by Gasteiger charge is 2.23. The molecular weight excluding hydrogens is 274 g/mol. The minimum Gasteiger partial charge on any atom is -0.451 e. The first-order valence-electron chi connectivity index (χ1n) is 5.61. The molecular formula is C14H9F4NO. The summed E-state index contributed by atoms with van der Waals surface area (Å²) in [4.78, 5) is 2.45. The SMILES string of the molecule is C=CCc1ccccc1Oc1c(F)c(F)nc(F)c1F. The maximum absolute atomic E-state index is 13.5. The smallest absolute Gasteiger partial charge is 0.255 e. The molecule has 6 heteroatoms. The van der Waals surface area contributed by atoms with Gasteiger partial charge in [0.2, 0.25) is 17.4 Å². The van der Waals surface area contributed by atoms with E-state index in [1.54, 1.807) is 24.3 Å². The van der Waals surface area contributed by atoms with Crippen LogP contribution in [-0.2, 0) is 6.42 Å². The fourth-order valence-electron chi connectivity index (χ4n) is 1.60. The quantitative estimate of drug-likeness (QED) is 0.477. The number of rotatable bonds is 4. The molecule has 0 N–H and O–H groups in total. The van der Waals surface area contributed by atoms with Crippen molar-refractivity contribution in [3.05, 3.63) is 66.0 Å². The molecule has 0 unspecified atom stereocenters. The van der Waals surface area contributed by atoms with Crippen molar-refractivity contribution in [2.45, 2.75) is 6.42 Å². The van der Waals surface area contributed by atoms with E-state index in [1.165, 1.54) is 6.07 Å². The number of nitrogens with zero attached hydrogens (tertiary/aromatic N) is 1. The molecule has 0 amide bonds. The van der Waals surface area contributed by atoms with Crippen LogP contribution in [0.2, 0.25) is 0 Å². The standard InChI is InChI=1S/C14H9F4NO/c1-2-5-8-6-3-4-7-9(8)20-12-10(15)13(17)19-14(18)11(12)16/h2-4,6-7H,1,5H2. The molecule has 0 bridgehead atoms. The van der Waals surface area contributed by atoms with Crippen molar-refractivity contribution >= 4 is 0 Å². The van der Waals surface area contributed by atoms with Gasteiger partial charge in [-0.2, -0.15) is 22.5 Å². The molecule has 0 aliphatic rings. The van der Waals surface area contributed by atoms with Crippen molar-refractivity contribution in [2.75, 3.05) is 0 Å². The summed E-state index contributed by atoms with van der Waals surface area (Å²) < 4.78 is 57.8. The summed E-state index contributed by atoms with van der Waals surface area (Å²) in [7, 11) is 0. The number of hydrogen-bond acceptors (Lipinski definition) is 2. The van der Waals surface area contributed by atoms with E-state index in [0.717, 1.165) is 0 Å². The average Bonchev–Trinajstić information content (AvgIpc) is 2.43. The second-order valence-electron chi connectivity index (χ2n) is 3.85. The van der Waals surface area contributed by atoms with E-state index in [2.05, 4.69) is 11.6 Å². The Morgan fingerprint density at radius 2 is 1.65 bits per heavy atom. The van der Waals surface area contributed by atoms with Crippen molar-refractivity contribution in [1.29, 1.82) is 0 Å². The molecule has 2 nitrogen and oxygen atoms in total. The first-order valence-corrected chi connectivity index (χ1v) is 5.61. The highest BCUT2D eigenvalue weighted by atomic mass is 19.2. The molecule has 104 valence electrons. The van der Waals surface area contributed by atoms with Crippen LogP contribution in [0.25, 0.3) is 0 Å². The Balaban J connectivity index is 2.48. The number of aromatic nitrogens is 1. The Hall–Kier alpha value is -2.37. The van der Waals surface area contributed by atoms with E-state index < -0.39 is 29.3 Å². The van der Waals surface area contributed by atoms with Crippen molar-refractivity contribution in [3.8, 4) is 11.5 Å². The number of pyridine rings is 1. The lowest BCUT2D eigenvalue weighted by molar-refractivity contribution is 0.342. The van der Waals surface area contributed by atoms with Gasteiger partial charge in [-0.15, -0.1) is 6.58 Å². The first kappa shape index (κ1) is 14.0. The third kappa shape index (κ3) is 2.64. The van der Waals surface area contributed by atoms with Gasteiger partial charge in [0.1, 0.15) is 5.75 Å². The topological polar surface area (TPSA) is 22.1 Å². The Morgan fingerprint density at radius 3 is 2.25 bits per heavy atom. The Labute approximate surface area is 112 Å². The van der Waals surface area contributed by atoms with Crippen molar-refractivity contribution < 1.29 is 22.3 Å². The van der Waals surface area contributed by atoms with Gasteiger partial charge in [-0.1, -0.05) is 24.3 Å². The fourth-order valence-corrected chi connectivity index (χ4v) is 1.60. The van der Waals surface area contributed by atoms with Crippen LogP contribution in [0.3, 0.4) is 0 Å². The highest BCUT2D eigenvalue weighted by molar-refractivity contribution is 5.39. The molecule has 2 rings (SSSR count). The van der Waals surface area contributed by atoms with E-state index in [4.69, 9.17) is 4.74 Å². The van der Waals surface area contributed by atoms with Gasteiger partial charge in [0.25, 0.3) is 11.9 Å². The number of allylic oxidation sites excluding steroid dienone is 1. The maximum Gasteiger partial charge on any atom is 0.255 e. The van der Waals surface area contributed by atoms with E-state index in [0.29, 0.717) is 12.0 Å². The van der Waals surface area contributed by atoms with Gasteiger partial charge in [0, 0.05) is 0 Å². The molecule has 0 fully saturated rings. The Bertz CT molecular complexity index is 632. The highest BCUT2D eigenvalue weighted by Crippen LogP contribution is 2.31. The van der Waals surface area contributed by atoms with Crippen LogP contribution in [0.4, 0.5) is 17.6 Å². The Morgan fingerprint density at radius 1 is 1.05 bits per heavy atom. The molecule has 2 aromatic rings. The zero-order chi connectivity index (χ0) is 14.7. The molecule has 0 aliphatic heterocycles. The summed E-state index contributed by atoms with van der Waals surface area (Å²) >= 11 is 0. The summed E-state index contributed by atoms with van der Waals surface area (Å²) in [5.74, 6) is -7.98. The molecule has 0 spiro atoms. The number of para-hydroxylation sites is 1. The van der Waals surface area contributed by atoms with Crippen LogP contribution in [0.15, 0.2) is 36.9 Å². The zero-order valence-corrected chi connectivity index (χ0v) is 10.2. The number of halogens is 4. The van der Waals surface area contributed by atoms with Crippen molar-refractivity contribution in [2.24, 2.45) is 0 Å². The van der Waals surface area contributed by atoms with Gasteiger partial charge in [0.05, 0.1) is 0 Å². The lowest BCUT2D eigenvalue weighted by Gasteiger charge is -2.11. The molecule has 0 aliphatic carbocycles. The van der Waals surface area contributed by atoms with Crippen LogP contribution in [0.5, 0.6) is 11.5 Å². The third-order valence-corrected chi connectivity index (χ3v) is 2.51. The monoisotopic (exact) mass is 283 g/mol. The second-order valence-corrected chi connectivity index (χ2v) is 3.85. The molecule has 1 heterocycles. The second kappa shape index (κ2) is 5.73. The molecule has 1 aromatic carbocycles. The molecule has 1 aromatic heterocycles. The third-order valence-electron chi connectivity index (χ3n) is 2.51. The van der Waals surface area contributed by atoms with E-state index in [-0.39, 0.29) is 5.75 Å². The summed E-state index contributed by atoms with van der Waals surface area (Å²) in [5.41, 5.74) is 0.568. The number of benzene rings is 1. The lowest BCUT2D eigenvalue weighted by Crippen LogP contribution is -2.04. The Kier molecular flexibility index (Phi) is 4.02. The van der Waals surface area contributed by atoms with Crippen LogP contribution in [0, 0.1) is 23.5 Å². The summed E-state index contributed by atoms with van der Waals surface area (Å²) in [6.07, 6.45) is 1.93. The normalized spacial score (nSPS) is 10.4. The summed E-state index contributed by atoms with van der Waals surface area (Å²) in [5, 5.41) is 0. The number of ether oxygens (including phenoxy) is 1. The summed E-state index contributed by atoms with van der Waals surface area (Å²) in [6.45, 7) is 3.53. The van der Waals surface area contributed by atoms with Crippen LogP contribution >= 0.6 is 0 Å². The average molecular weight is 283 g/mol. The minimum absolute atomic E-state index is 0.0789. The zero-order valence-electron chi connectivity index (χ0n) is 10.2. The largest absolute Gasteiger partial charge is 0.451 e. The molecule has 0 atom stereocenters. The fraction of sp³-hybridized carbons (Fsp3) is 0.0714. The van der Waals surface area contributed by atoms with Gasteiger partial charge in [-0.25, -0.2) is 0 Å². The van der Waals surface area contributed by atoms with Gasteiger partial charge in [-0.05, 0) is 18.1 Å².